The molecule has 0 unspecified atom stereocenters. The van der Waals surface area contributed by atoms with Crippen LogP contribution in [0.25, 0.3) is 10.9 Å². The molecule has 10 heteroatoms. The van der Waals surface area contributed by atoms with Gasteiger partial charge in [0.2, 0.25) is 0 Å². The van der Waals surface area contributed by atoms with Crippen LogP contribution in [0.4, 0.5) is 27.6 Å². The fourth-order valence-electron chi connectivity index (χ4n) is 5.82. The molecule has 3 N–H and O–H groups in total. The van der Waals surface area contributed by atoms with Crippen molar-refractivity contribution in [1.82, 2.24) is 14.8 Å². The number of likely N-dealkylation sites (tertiary alicyclic amines) is 1. The van der Waals surface area contributed by atoms with Crippen LogP contribution in [0.3, 0.4) is 0 Å². The molecule has 0 bridgehead atoms. The summed E-state index contributed by atoms with van der Waals surface area (Å²) in [5.74, 6) is -2.64. The molecule has 2 aromatic carbocycles. The lowest BCUT2D eigenvalue weighted by Gasteiger charge is -2.42. The Bertz CT molecular complexity index is 1370. The molecule has 0 radical (unpaired) electrons. The van der Waals surface area contributed by atoms with Crippen molar-refractivity contribution in [2.45, 2.75) is 43.8 Å². The van der Waals surface area contributed by atoms with Gasteiger partial charge >= 0.3 is 0 Å². The summed E-state index contributed by atoms with van der Waals surface area (Å²) in [6.07, 6.45) is 6.35. The normalized spacial score (nSPS) is 20.6. The molecule has 1 fully saturated rings. The topological polar surface area (TPSA) is 54.5 Å². The number of benzene rings is 2. The molecule has 208 valence electrons. The first-order chi connectivity index (χ1) is 18.6. The van der Waals surface area contributed by atoms with Crippen LogP contribution in [0.1, 0.15) is 41.8 Å². The average molecular weight is 547 g/mol. The number of rotatable bonds is 9. The van der Waals surface area contributed by atoms with Crippen molar-refractivity contribution in [1.29, 1.82) is 0 Å². The van der Waals surface area contributed by atoms with E-state index in [0.29, 0.717) is 49.2 Å². The minimum Gasteiger partial charge on any atom is -0.390 e. The SMILES string of the molecule is C#Cc1ccc2c3c([nH]c2c1)[C@@H](c1c(F)cc(NC2CN(CCCF)C2)cc1F)N(CC(F)(F)CO)[C@H](C)C3. The number of aliphatic hydroxyl groups is 1. The lowest BCUT2D eigenvalue weighted by molar-refractivity contribution is -0.0869. The number of alkyl halides is 3. The zero-order valence-electron chi connectivity index (χ0n) is 21.6. The van der Waals surface area contributed by atoms with E-state index in [1.54, 1.807) is 19.1 Å². The minimum absolute atomic E-state index is 0.0330. The van der Waals surface area contributed by atoms with Crippen LogP contribution in [-0.4, -0.2) is 77.4 Å². The maximum atomic E-state index is 15.8. The van der Waals surface area contributed by atoms with Gasteiger partial charge in [-0.2, -0.15) is 0 Å². The van der Waals surface area contributed by atoms with Crippen LogP contribution in [-0.2, 0) is 6.42 Å². The van der Waals surface area contributed by atoms with Crippen molar-refractivity contribution in [3.63, 3.8) is 0 Å². The van der Waals surface area contributed by atoms with Gasteiger partial charge in [0.15, 0.2) is 0 Å². The van der Waals surface area contributed by atoms with E-state index in [1.165, 1.54) is 17.0 Å². The quantitative estimate of drug-likeness (QED) is 0.266. The molecule has 5 nitrogen and oxygen atoms in total. The Hall–Kier alpha value is -3.13. The molecule has 2 aliphatic rings. The highest BCUT2D eigenvalue weighted by molar-refractivity contribution is 5.86. The second-order valence-electron chi connectivity index (χ2n) is 10.6. The zero-order valence-corrected chi connectivity index (χ0v) is 21.6. The van der Waals surface area contributed by atoms with Gasteiger partial charge in [-0.3, -0.25) is 14.2 Å². The molecule has 1 aromatic heterocycles. The summed E-state index contributed by atoms with van der Waals surface area (Å²) in [5, 5.41) is 13.2. The van der Waals surface area contributed by atoms with Crippen LogP contribution in [0.15, 0.2) is 30.3 Å². The zero-order chi connectivity index (χ0) is 27.9. The number of hydrogen-bond acceptors (Lipinski definition) is 4. The Labute approximate surface area is 224 Å². The van der Waals surface area contributed by atoms with E-state index in [4.69, 9.17) is 6.42 Å². The van der Waals surface area contributed by atoms with Crippen LogP contribution < -0.4 is 5.32 Å². The number of aromatic amines is 1. The number of fused-ring (bicyclic) bond motifs is 3. The lowest BCUT2D eigenvalue weighted by atomic mass is 9.87. The molecule has 0 amide bonds. The van der Waals surface area contributed by atoms with E-state index in [-0.39, 0.29) is 17.3 Å². The summed E-state index contributed by atoms with van der Waals surface area (Å²) in [6, 6.07) is 5.99. The molecule has 0 spiro atoms. The van der Waals surface area contributed by atoms with E-state index < -0.39 is 49.5 Å². The number of H-pyrrole nitrogens is 1. The van der Waals surface area contributed by atoms with Gasteiger partial charge in [0, 0.05) is 59.1 Å². The number of terminal acetylenes is 1. The van der Waals surface area contributed by atoms with Crippen molar-refractivity contribution in [2.75, 3.05) is 44.8 Å². The second kappa shape index (κ2) is 10.8. The Morgan fingerprint density at radius 3 is 2.54 bits per heavy atom. The Morgan fingerprint density at radius 2 is 1.90 bits per heavy atom. The van der Waals surface area contributed by atoms with Gasteiger partial charge in [-0.05, 0) is 49.6 Å². The molecule has 39 heavy (non-hydrogen) atoms. The van der Waals surface area contributed by atoms with Crippen molar-refractivity contribution in [3.05, 3.63) is 64.4 Å². The van der Waals surface area contributed by atoms with Crippen molar-refractivity contribution < 1.29 is 27.1 Å². The van der Waals surface area contributed by atoms with Gasteiger partial charge in [-0.1, -0.05) is 12.0 Å². The monoisotopic (exact) mass is 546 g/mol. The maximum absolute atomic E-state index is 15.8. The van der Waals surface area contributed by atoms with Crippen LogP contribution >= 0.6 is 0 Å². The standard InChI is InChI=1S/C29H31F5N4O/c1-3-18-5-6-21-22-9-17(2)38(15-29(33,34)16-39)28(27(22)36-25(21)10-18)26-23(31)11-19(12-24(26)32)35-20-13-37(14-20)8-4-7-30/h1,5-6,10-12,17,20,28,35-36,39H,4,7-9,13-16H2,2H3/t17-,28-/m1/s1. The van der Waals surface area contributed by atoms with E-state index in [2.05, 4.69) is 16.2 Å². The summed E-state index contributed by atoms with van der Waals surface area (Å²) in [5.41, 5.74) is 2.39. The minimum atomic E-state index is -3.47. The largest absolute Gasteiger partial charge is 0.390 e. The van der Waals surface area contributed by atoms with Crippen LogP contribution in [0.2, 0.25) is 0 Å². The van der Waals surface area contributed by atoms with Crippen LogP contribution in [0.5, 0.6) is 0 Å². The van der Waals surface area contributed by atoms with Gasteiger partial charge < -0.3 is 15.4 Å². The molecule has 3 heterocycles. The predicted molar refractivity (Wildman–Crippen MR) is 141 cm³/mol. The molecule has 3 aromatic rings. The third-order valence-electron chi connectivity index (χ3n) is 7.71. The molecule has 2 atom stereocenters. The smallest absolute Gasteiger partial charge is 0.283 e. The molecule has 1 saturated heterocycles. The number of anilines is 1. The first kappa shape index (κ1) is 27.4. The molecule has 2 aliphatic heterocycles. The summed E-state index contributed by atoms with van der Waals surface area (Å²) in [4.78, 5) is 6.60. The first-order valence-corrected chi connectivity index (χ1v) is 13.0. The summed E-state index contributed by atoms with van der Waals surface area (Å²) < 4.78 is 72.9. The first-order valence-electron chi connectivity index (χ1n) is 13.0. The molecule has 5 rings (SSSR count). The predicted octanol–water partition coefficient (Wildman–Crippen LogP) is 4.85. The van der Waals surface area contributed by atoms with E-state index in [9.17, 15) is 18.3 Å². The third-order valence-corrected chi connectivity index (χ3v) is 7.71. The summed E-state index contributed by atoms with van der Waals surface area (Å²) >= 11 is 0. The number of hydrogen-bond donors (Lipinski definition) is 3. The Kier molecular flexibility index (Phi) is 7.60. The van der Waals surface area contributed by atoms with E-state index in [0.717, 1.165) is 10.9 Å². The number of halogens is 5. The average Bonchev–Trinajstić information content (AvgIpc) is 3.23. The fourth-order valence-corrected chi connectivity index (χ4v) is 5.82. The molecule has 0 aliphatic carbocycles. The number of nitrogens with zero attached hydrogens (tertiary/aromatic N) is 2. The Balaban J connectivity index is 1.53. The Morgan fingerprint density at radius 1 is 1.18 bits per heavy atom. The van der Waals surface area contributed by atoms with Crippen molar-refractivity contribution >= 4 is 16.6 Å². The van der Waals surface area contributed by atoms with Gasteiger partial charge in [0.25, 0.3) is 5.92 Å². The molecule has 0 saturated carbocycles. The van der Waals surface area contributed by atoms with Gasteiger partial charge in [0.1, 0.15) is 18.2 Å². The lowest BCUT2D eigenvalue weighted by Crippen LogP contribution is -2.54. The maximum Gasteiger partial charge on any atom is 0.283 e. The summed E-state index contributed by atoms with van der Waals surface area (Å²) in [6.45, 7) is 0.966. The van der Waals surface area contributed by atoms with Gasteiger partial charge in [-0.25, -0.2) is 17.6 Å². The highest BCUT2D eigenvalue weighted by Crippen LogP contribution is 2.44. The molecular weight excluding hydrogens is 515 g/mol. The molecular formula is C29H31F5N4O. The summed E-state index contributed by atoms with van der Waals surface area (Å²) in [7, 11) is 0. The van der Waals surface area contributed by atoms with Gasteiger partial charge in [-0.15, -0.1) is 6.42 Å². The highest BCUT2D eigenvalue weighted by atomic mass is 19.3. The second-order valence-corrected chi connectivity index (χ2v) is 10.6. The van der Waals surface area contributed by atoms with Crippen LogP contribution in [0, 0.1) is 24.0 Å². The van der Waals surface area contributed by atoms with Crippen molar-refractivity contribution in [3.8, 4) is 12.3 Å². The highest BCUT2D eigenvalue weighted by Gasteiger charge is 2.43. The number of aromatic nitrogens is 1. The third kappa shape index (κ3) is 5.36. The van der Waals surface area contributed by atoms with E-state index >= 15 is 8.78 Å². The number of nitrogens with one attached hydrogen (secondary N) is 2. The number of aliphatic hydroxyl groups excluding tert-OH is 1. The fraction of sp³-hybridized carbons (Fsp3) is 0.448. The van der Waals surface area contributed by atoms with Gasteiger partial charge in [0.05, 0.1) is 25.3 Å². The van der Waals surface area contributed by atoms with Crippen molar-refractivity contribution in [2.24, 2.45) is 0 Å². The van der Waals surface area contributed by atoms with E-state index in [1.807, 2.05) is 11.0 Å².